The molecular weight excluding hydrogens is 298 g/mol. The van der Waals surface area contributed by atoms with Crippen LogP contribution < -0.4 is 5.32 Å². The molecule has 24 heavy (non-hydrogen) atoms. The molecule has 0 saturated heterocycles. The highest BCUT2D eigenvalue weighted by atomic mass is 16.1. The van der Waals surface area contributed by atoms with Crippen molar-refractivity contribution in [3.63, 3.8) is 0 Å². The minimum absolute atomic E-state index is 0.110. The second-order valence-corrected chi connectivity index (χ2v) is 5.87. The van der Waals surface area contributed by atoms with Gasteiger partial charge in [0, 0.05) is 25.1 Å². The Hall–Kier alpha value is -2.88. The molecule has 1 heterocycles. The van der Waals surface area contributed by atoms with Gasteiger partial charge in [0.05, 0.1) is 11.0 Å². The van der Waals surface area contributed by atoms with E-state index < -0.39 is 0 Å². The molecule has 0 bridgehead atoms. The van der Waals surface area contributed by atoms with Gasteiger partial charge in [0.15, 0.2) is 0 Å². The standard InChI is InChI=1S/C20H21N3O/c1-15(2)20(24)21-13-12-19-22-17-10-6-7-11-18(17)23(19)14-16-8-4-3-5-9-16/h3-11H,1,12-14H2,2H3,(H,21,24). The number of imidazole rings is 1. The molecule has 0 atom stereocenters. The number of hydrogen-bond donors (Lipinski definition) is 1. The van der Waals surface area contributed by atoms with Crippen molar-refractivity contribution in [1.29, 1.82) is 0 Å². The summed E-state index contributed by atoms with van der Waals surface area (Å²) in [6, 6.07) is 18.5. The molecule has 0 unspecified atom stereocenters. The van der Waals surface area contributed by atoms with E-state index in [1.807, 2.05) is 36.4 Å². The van der Waals surface area contributed by atoms with Gasteiger partial charge in [-0.3, -0.25) is 4.79 Å². The Morgan fingerprint density at radius 2 is 1.83 bits per heavy atom. The van der Waals surface area contributed by atoms with Crippen LogP contribution in [-0.4, -0.2) is 22.0 Å². The van der Waals surface area contributed by atoms with Crippen LogP contribution in [0, 0.1) is 0 Å². The number of rotatable bonds is 6. The Labute approximate surface area is 141 Å². The summed E-state index contributed by atoms with van der Waals surface area (Å²) >= 11 is 0. The van der Waals surface area contributed by atoms with E-state index in [4.69, 9.17) is 4.98 Å². The fraction of sp³-hybridized carbons (Fsp3) is 0.200. The number of amides is 1. The van der Waals surface area contributed by atoms with E-state index in [-0.39, 0.29) is 5.91 Å². The van der Waals surface area contributed by atoms with Crippen molar-refractivity contribution < 1.29 is 4.79 Å². The maximum Gasteiger partial charge on any atom is 0.246 e. The van der Waals surface area contributed by atoms with E-state index in [0.717, 1.165) is 23.4 Å². The lowest BCUT2D eigenvalue weighted by Crippen LogP contribution is -2.26. The number of carbonyl (C=O) groups excluding carboxylic acids is 1. The van der Waals surface area contributed by atoms with E-state index in [1.54, 1.807) is 6.92 Å². The Balaban J connectivity index is 1.85. The predicted molar refractivity (Wildman–Crippen MR) is 96.8 cm³/mol. The molecule has 0 aliphatic carbocycles. The van der Waals surface area contributed by atoms with Crippen molar-refractivity contribution in [2.45, 2.75) is 19.9 Å². The van der Waals surface area contributed by atoms with Gasteiger partial charge in [-0.2, -0.15) is 0 Å². The fourth-order valence-corrected chi connectivity index (χ4v) is 2.70. The minimum Gasteiger partial charge on any atom is -0.352 e. The van der Waals surface area contributed by atoms with Crippen molar-refractivity contribution in [2.24, 2.45) is 0 Å². The van der Waals surface area contributed by atoms with Crippen LogP contribution in [0.4, 0.5) is 0 Å². The summed E-state index contributed by atoms with van der Waals surface area (Å²) in [5, 5.41) is 2.87. The molecule has 122 valence electrons. The minimum atomic E-state index is -0.110. The molecule has 0 aliphatic heterocycles. The van der Waals surface area contributed by atoms with E-state index in [0.29, 0.717) is 18.5 Å². The van der Waals surface area contributed by atoms with E-state index in [1.165, 1.54) is 5.56 Å². The Bertz CT molecular complexity index is 865. The molecule has 4 nitrogen and oxygen atoms in total. The first-order valence-electron chi connectivity index (χ1n) is 8.07. The van der Waals surface area contributed by atoms with E-state index in [9.17, 15) is 4.79 Å². The second kappa shape index (κ2) is 7.13. The summed E-state index contributed by atoms with van der Waals surface area (Å²) in [5.74, 6) is 0.864. The molecule has 3 rings (SSSR count). The summed E-state index contributed by atoms with van der Waals surface area (Å²) in [4.78, 5) is 16.4. The molecule has 2 aromatic carbocycles. The lowest BCUT2D eigenvalue weighted by Gasteiger charge is -2.10. The molecule has 0 fully saturated rings. The first-order chi connectivity index (χ1) is 11.6. The number of carbonyl (C=O) groups is 1. The zero-order valence-corrected chi connectivity index (χ0v) is 13.8. The second-order valence-electron chi connectivity index (χ2n) is 5.87. The predicted octanol–water partition coefficient (Wildman–Crippen LogP) is 3.32. The molecule has 1 N–H and O–H groups in total. The Kier molecular flexibility index (Phi) is 4.75. The zero-order valence-electron chi connectivity index (χ0n) is 13.8. The molecule has 0 radical (unpaired) electrons. The maximum absolute atomic E-state index is 11.6. The van der Waals surface area contributed by atoms with Crippen molar-refractivity contribution >= 4 is 16.9 Å². The van der Waals surface area contributed by atoms with Gasteiger partial charge in [-0.15, -0.1) is 0 Å². The first-order valence-corrected chi connectivity index (χ1v) is 8.07. The number of nitrogens with one attached hydrogen (secondary N) is 1. The van der Waals surface area contributed by atoms with Gasteiger partial charge in [-0.25, -0.2) is 4.98 Å². The topological polar surface area (TPSA) is 46.9 Å². The van der Waals surface area contributed by atoms with E-state index >= 15 is 0 Å². The van der Waals surface area contributed by atoms with Crippen LogP contribution >= 0.6 is 0 Å². The summed E-state index contributed by atoms with van der Waals surface area (Å²) in [5.41, 5.74) is 3.85. The number of nitrogens with zero attached hydrogens (tertiary/aromatic N) is 2. The van der Waals surface area contributed by atoms with Gasteiger partial charge in [0.25, 0.3) is 0 Å². The lowest BCUT2D eigenvalue weighted by atomic mass is 10.2. The highest BCUT2D eigenvalue weighted by molar-refractivity contribution is 5.92. The Morgan fingerprint density at radius 1 is 1.12 bits per heavy atom. The highest BCUT2D eigenvalue weighted by Crippen LogP contribution is 2.18. The molecule has 0 spiro atoms. The number of aromatic nitrogens is 2. The van der Waals surface area contributed by atoms with Crippen molar-refractivity contribution in [3.05, 3.63) is 78.1 Å². The van der Waals surface area contributed by atoms with Gasteiger partial charge in [0.2, 0.25) is 5.91 Å². The summed E-state index contributed by atoms with van der Waals surface area (Å²) in [6.45, 7) is 6.68. The number of fused-ring (bicyclic) bond motifs is 1. The van der Waals surface area contributed by atoms with Crippen LogP contribution in [0.2, 0.25) is 0 Å². The quantitative estimate of drug-likeness (QED) is 0.709. The van der Waals surface area contributed by atoms with Crippen LogP contribution in [0.1, 0.15) is 18.3 Å². The van der Waals surface area contributed by atoms with Gasteiger partial charge in [0.1, 0.15) is 5.82 Å². The fourth-order valence-electron chi connectivity index (χ4n) is 2.70. The highest BCUT2D eigenvalue weighted by Gasteiger charge is 2.11. The van der Waals surface area contributed by atoms with Crippen LogP contribution in [-0.2, 0) is 17.8 Å². The van der Waals surface area contributed by atoms with Crippen molar-refractivity contribution in [1.82, 2.24) is 14.9 Å². The van der Waals surface area contributed by atoms with Crippen molar-refractivity contribution in [2.75, 3.05) is 6.54 Å². The summed E-state index contributed by atoms with van der Waals surface area (Å²) in [6.07, 6.45) is 0.681. The molecule has 0 saturated carbocycles. The number of para-hydroxylation sites is 2. The maximum atomic E-state index is 11.6. The van der Waals surface area contributed by atoms with Gasteiger partial charge >= 0.3 is 0 Å². The van der Waals surface area contributed by atoms with Gasteiger partial charge < -0.3 is 9.88 Å². The van der Waals surface area contributed by atoms with Crippen LogP contribution in [0.25, 0.3) is 11.0 Å². The first kappa shape index (κ1) is 16.0. The molecule has 0 aliphatic rings. The molecule has 1 aromatic heterocycles. The lowest BCUT2D eigenvalue weighted by molar-refractivity contribution is -0.117. The third-order valence-electron chi connectivity index (χ3n) is 3.94. The van der Waals surface area contributed by atoms with Crippen LogP contribution in [0.15, 0.2) is 66.7 Å². The average Bonchev–Trinajstić information content (AvgIpc) is 2.93. The largest absolute Gasteiger partial charge is 0.352 e. The Morgan fingerprint density at radius 3 is 2.58 bits per heavy atom. The summed E-state index contributed by atoms with van der Waals surface area (Å²) in [7, 11) is 0. The normalized spacial score (nSPS) is 10.7. The smallest absolute Gasteiger partial charge is 0.246 e. The van der Waals surface area contributed by atoms with Crippen LogP contribution in [0.3, 0.4) is 0 Å². The number of benzene rings is 2. The monoisotopic (exact) mass is 319 g/mol. The summed E-state index contributed by atoms with van der Waals surface area (Å²) < 4.78 is 2.22. The van der Waals surface area contributed by atoms with Gasteiger partial charge in [-0.05, 0) is 24.6 Å². The third kappa shape index (κ3) is 3.54. The van der Waals surface area contributed by atoms with Crippen LogP contribution in [0.5, 0.6) is 0 Å². The van der Waals surface area contributed by atoms with Gasteiger partial charge in [-0.1, -0.05) is 49.0 Å². The van der Waals surface area contributed by atoms with Crippen molar-refractivity contribution in [3.8, 4) is 0 Å². The molecule has 4 heteroatoms. The third-order valence-corrected chi connectivity index (χ3v) is 3.94. The molecule has 3 aromatic rings. The zero-order chi connectivity index (χ0) is 16.9. The molecular formula is C20H21N3O. The molecule has 1 amide bonds. The number of hydrogen-bond acceptors (Lipinski definition) is 2. The SMILES string of the molecule is C=C(C)C(=O)NCCc1nc2ccccc2n1Cc1ccccc1. The average molecular weight is 319 g/mol. The van der Waals surface area contributed by atoms with E-state index in [2.05, 4.69) is 34.7 Å².